The van der Waals surface area contributed by atoms with Crippen LogP contribution >= 0.6 is 0 Å². The van der Waals surface area contributed by atoms with Gasteiger partial charge in [-0.2, -0.15) is 0 Å². The molecule has 0 rings (SSSR count). The molecule has 0 spiro atoms. The van der Waals surface area contributed by atoms with Gasteiger partial charge in [0.25, 0.3) is 0 Å². The fraction of sp³-hybridized carbons (Fsp3) is 1.00. The largest absolute Gasteiger partial charge is 0.316 e. The molecule has 0 radical (unpaired) electrons. The molecule has 0 aromatic carbocycles. The van der Waals surface area contributed by atoms with Crippen LogP contribution in [0.1, 0.15) is 40.5 Å². The summed E-state index contributed by atoms with van der Waals surface area (Å²) in [5.41, 5.74) is 11.7. The van der Waals surface area contributed by atoms with E-state index < -0.39 is 0 Å². The quantitative estimate of drug-likeness (QED) is 0.548. The Bertz CT molecular complexity index is 109. The summed E-state index contributed by atoms with van der Waals surface area (Å²) in [6, 6.07) is 0. The number of rotatable bonds is 6. The SMILES string of the molecule is CC(C)CC(N)NC(N)CC(C)C. The van der Waals surface area contributed by atoms with E-state index in [-0.39, 0.29) is 12.3 Å². The molecule has 5 N–H and O–H groups in total. The first-order valence-electron chi connectivity index (χ1n) is 5.19. The molecule has 0 bridgehead atoms. The summed E-state index contributed by atoms with van der Waals surface area (Å²) in [6.45, 7) is 8.65. The van der Waals surface area contributed by atoms with E-state index >= 15 is 0 Å². The molecule has 0 saturated carbocycles. The van der Waals surface area contributed by atoms with Crippen molar-refractivity contribution in [3.8, 4) is 0 Å². The van der Waals surface area contributed by atoms with E-state index in [1.54, 1.807) is 0 Å². The zero-order valence-electron chi connectivity index (χ0n) is 9.38. The minimum Gasteiger partial charge on any atom is -0.316 e. The third-order valence-electron chi connectivity index (χ3n) is 1.88. The summed E-state index contributed by atoms with van der Waals surface area (Å²) in [5, 5.41) is 3.20. The molecular weight excluding hydrogens is 162 g/mol. The first-order chi connectivity index (χ1) is 5.91. The fourth-order valence-electron chi connectivity index (χ4n) is 1.43. The average Bonchev–Trinajstić information content (AvgIpc) is 1.80. The highest BCUT2D eigenvalue weighted by Gasteiger charge is 2.10. The topological polar surface area (TPSA) is 64.1 Å². The highest BCUT2D eigenvalue weighted by molar-refractivity contribution is 4.67. The Kier molecular flexibility index (Phi) is 6.29. The Morgan fingerprint density at radius 1 is 0.846 bits per heavy atom. The fourth-order valence-corrected chi connectivity index (χ4v) is 1.43. The molecule has 0 aromatic heterocycles. The van der Waals surface area contributed by atoms with Crippen LogP contribution in [-0.4, -0.2) is 12.3 Å². The Morgan fingerprint density at radius 3 is 1.38 bits per heavy atom. The molecule has 0 aliphatic rings. The lowest BCUT2D eigenvalue weighted by Crippen LogP contribution is -2.49. The van der Waals surface area contributed by atoms with Crippen molar-refractivity contribution in [3.63, 3.8) is 0 Å². The molecule has 0 aliphatic carbocycles. The van der Waals surface area contributed by atoms with Gasteiger partial charge in [-0.1, -0.05) is 27.7 Å². The molecule has 80 valence electrons. The smallest absolute Gasteiger partial charge is 0.0560 e. The van der Waals surface area contributed by atoms with Gasteiger partial charge in [0.2, 0.25) is 0 Å². The predicted molar refractivity (Wildman–Crippen MR) is 58.0 cm³/mol. The molecule has 0 amide bonds. The highest BCUT2D eigenvalue weighted by Crippen LogP contribution is 2.04. The van der Waals surface area contributed by atoms with Crippen LogP contribution in [0.15, 0.2) is 0 Å². The van der Waals surface area contributed by atoms with Crippen LogP contribution in [0.5, 0.6) is 0 Å². The lowest BCUT2D eigenvalue weighted by atomic mass is 10.1. The minimum atomic E-state index is 0.0359. The van der Waals surface area contributed by atoms with E-state index in [0.29, 0.717) is 11.8 Å². The number of hydrogen-bond acceptors (Lipinski definition) is 3. The molecule has 0 aromatic rings. The molecule has 0 fully saturated rings. The normalized spacial score (nSPS) is 16.6. The van der Waals surface area contributed by atoms with Crippen molar-refractivity contribution in [1.29, 1.82) is 0 Å². The van der Waals surface area contributed by atoms with E-state index in [1.165, 1.54) is 0 Å². The first kappa shape index (κ1) is 12.9. The Hall–Kier alpha value is -0.120. The molecule has 3 heteroatoms. The third kappa shape index (κ3) is 8.22. The second kappa shape index (κ2) is 6.35. The predicted octanol–water partition coefficient (Wildman–Crippen LogP) is 1.24. The van der Waals surface area contributed by atoms with Gasteiger partial charge in [-0.25, -0.2) is 0 Å². The van der Waals surface area contributed by atoms with Crippen molar-refractivity contribution in [3.05, 3.63) is 0 Å². The van der Waals surface area contributed by atoms with Gasteiger partial charge in [-0.05, 0) is 24.7 Å². The average molecular weight is 187 g/mol. The van der Waals surface area contributed by atoms with Crippen LogP contribution in [0.3, 0.4) is 0 Å². The summed E-state index contributed by atoms with van der Waals surface area (Å²) in [7, 11) is 0. The van der Waals surface area contributed by atoms with Crippen molar-refractivity contribution in [2.24, 2.45) is 23.3 Å². The molecule has 0 heterocycles. The Labute approximate surface area is 82.3 Å². The maximum atomic E-state index is 5.86. The molecule has 3 nitrogen and oxygen atoms in total. The van der Waals surface area contributed by atoms with Crippen LogP contribution in [0, 0.1) is 11.8 Å². The maximum Gasteiger partial charge on any atom is 0.0560 e. The van der Waals surface area contributed by atoms with Gasteiger partial charge in [0.15, 0.2) is 0 Å². The molecule has 2 unspecified atom stereocenters. The van der Waals surface area contributed by atoms with E-state index in [9.17, 15) is 0 Å². The van der Waals surface area contributed by atoms with E-state index in [0.717, 1.165) is 12.8 Å². The lowest BCUT2D eigenvalue weighted by Gasteiger charge is -2.22. The lowest BCUT2D eigenvalue weighted by molar-refractivity contribution is 0.346. The third-order valence-corrected chi connectivity index (χ3v) is 1.88. The van der Waals surface area contributed by atoms with Gasteiger partial charge in [0, 0.05) is 0 Å². The maximum absolute atomic E-state index is 5.86. The summed E-state index contributed by atoms with van der Waals surface area (Å²) < 4.78 is 0. The monoisotopic (exact) mass is 187 g/mol. The first-order valence-corrected chi connectivity index (χ1v) is 5.19. The summed E-state index contributed by atoms with van der Waals surface area (Å²) in [6.07, 6.45) is 2.03. The Balaban J connectivity index is 3.58. The van der Waals surface area contributed by atoms with Crippen LogP contribution in [0.2, 0.25) is 0 Å². The summed E-state index contributed by atoms with van der Waals surface area (Å²) in [5.74, 6) is 1.24. The van der Waals surface area contributed by atoms with Crippen molar-refractivity contribution in [2.45, 2.75) is 52.9 Å². The van der Waals surface area contributed by atoms with Crippen molar-refractivity contribution in [1.82, 2.24) is 5.32 Å². The van der Waals surface area contributed by atoms with E-state index in [4.69, 9.17) is 11.5 Å². The molecule has 0 saturated heterocycles. The van der Waals surface area contributed by atoms with Crippen molar-refractivity contribution >= 4 is 0 Å². The van der Waals surface area contributed by atoms with Gasteiger partial charge in [-0.3, -0.25) is 5.32 Å². The van der Waals surface area contributed by atoms with Crippen LogP contribution in [0.4, 0.5) is 0 Å². The second-order valence-electron chi connectivity index (χ2n) is 4.64. The number of hydrogen-bond donors (Lipinski definition) is 3. The molecule has 2 atom stereocenters. The summed E-state index contributed by atoms with van der Waals surface area (Å²) in [4.78, 5) is 0. The zero-order valence-corrected chi connectivity index (χ0v) is 9.38. The Morgan fingerprint density at radius 2 is 1.15 bits per heavy atom. The minimum absolute atomic E-state index is 0.0359. The van der Waals surface area contributed by atoms with Gasteiger partial charge in [0.1, 0.15) is 0 Å². The number of nitrogens with two attached hydrogens (primary N) is 2. The molecule has 0 aliphatic heterocycles. The van der Waals surface area contributed by atoms with Crippen LogP contribution < -0.4 is 16.8 Å². The van der Waals surface area contributed by atoms with Gasteiger partial charge in [-0.15, -0.1) is 0 Å². The van der Waals surface area contributed by atoms with Gasteiger partial charge in [0.05, 0.1) is 12.3 Å². The van der Waals surface area contributed by atoms with Gasteiger partial charge < -0.3 is 11.5 Å². The highest BCUT2D eigenvalue weighted by atomic mass is 15.1. The molecule has 13 heavy (non-hydrogen) atoms. The molecular formula is C10H25N3. The standard InChI is InChI=1S/C10H25N3/c1-7(2)5-9(11)13-10(12)6-8(3)4/h7-10,13H,5-6,11-12H2,1-4H3. The van der Waals surface area contributed by atoms with Crippen LogP contribution in [-0.2, 0) is 0 Å². The van der Waals surface area contributed by atoms with Gasteiger partial charge >= 0.3 is 0 Å². The zero-order chi connectivity index (χ0) is 10.4. The van der Waals surface area contributed by atoms with E-state index in [2.05, 4.69) is 33.0 Å². The second-order valence-corrected chi connectivity index (χ2v) is 4.64. The van der Waals surface area contributed by atoms with Crippen molar-refractivity contribution in [2.75, 3.05) is 0 Å². The van der Waals surface area contributed by atoms with Crippen LogP contribution in [0.25, 0.3) is 0 Å². The summed E-state index contributed by atoms with van der Waals surface area (Å²) >= 11 is 0. The van der Waals surface area contributed by atoms with E-state index in [1.807, 2.05) is 0 Å². The number of nitrogens with one attached hydrogen (secondary N) is 1. The van der Waals surface area contributed by atoms with Crippen molar-refractivity contribution < 1.29 is 0 Å².